The van der Waals surface area contributed by atoms with Crippen molar-refractivity contribution in [3.63, 3.8) is 0 Å². The lowest BCUT2D eigenvalue weighted by atomic mass is 10.0. The number of ether oxygens (including phenoxy) is 2. The summed E-state index contributed by atoms with van der Waals surface area (Å²) in [5.41, 5.74) is 0.519. The summed E-state index contributed by atoms with van der Waals surface area (Å²) in [6.45, 7) is 3.35. The van der Waals surface area contributed by atoms with E-state index in [1.165, 1.54) is 6.07 Å². The first-order valence-electron chi connectivity index (χ1n) is 6.97. The molecule has 0 amide bonds. The molecule has 0 bridgehead atoms. The van der Waals surface area contributed by atoms with E-state index in [2.05, 4.69) is 6.58 Å². The van der Waals surface area contributed by atoms with Crippen LogP contribution in [0.15, 0.2) is 61.2 Å². The number of benzene rings is 2. The van der Waals surface area contributed by atoms with Crippen LogP contribution in [-0.4, -0.2) is 30.1 Å². The molecule has 0 aliphatic heterocycles. The predicted molar refractivity (Wildman–Crippen MR) is 84.6 cm³/mol. The van der Waals surface area contributed by atoms with Gasteiger partial charge in [-0.15, -0.1) is 0 Å². The number of aromatic hydroxyl groups is 1. The van der Waals surface area contributed by atoms with Crippen LogP contribution in [-0.2, 0) is 9.53 Å². The fourth-order valence-corrected chi connectivity index (χ4v) is 1.95. The van der Waals surface area contributed by atoms with Crippen LogP contribution in [0.1, 0.15) is 15.9 Å². The van der Waals surface area contributed by atoms with Crippen molar-refractivity contribution < 1.29 is 24.2 Å². The van der Waals surface area contributed by atoms with E-state index < -0.39 is 5.97 Å². The quantitative estimate of drug-likeness (QED) is 0.368. The van der Waals surface area contributed by atoms with Crippen molar-refractivity contribution in [1.29, 1.82) is 0 Å². The zero-order chi connectivity index (χ0) is 16.7. The number of carbonyl (C=O) groups is 2. The second-order valence-corrected chi connectivity index (χ2v) is 4.57. The second-order valence-electron chi connectivity index (χ2n) is 4.57. The van der Waals surface area contributed by atoms with Crippen molar-refractivity contribution in [1.82, 2.24) is 0 Å². The molecule has 0 spiro atoms. The lowest BCUT2D eigenvalue weighted by Crippen LogP contribution is -2.12. The molecule has 0 aliphatic rings. The van der Waals surface area contributed by atoms with Crippen molar-refractivity contribution >= 4 is 11.8 Å². The van der Waals surface area contributed by atoms with Crippen molar-refractivity contribution in [2.75, 3.05) is 13.2 Å². The summed E-state index contributed by atoms with van der Waals surface area (Å²) in [4.78, 5) is 23.5. The number of esters is 1. The molecule has 0 aliphatic carbocycles. The van der Waals surface area contributed by atoms with Gasteiger partial charge >= 0.3 is 5.97 Å². The summed E-state index contributed by atoms with van der Waals surface area (Å²) in [6.07, 6.45) is 1.05. The Morgan fingerprint density at radius 2 is 1.78 bits per heavy atom. The van der Waals surface area contributed by atoms with Crippen LogP contribution >= 0.6 is 0 Å². The summed E-state index contributed by atoms with van der Waals surface area (Å²) >= 11 is 0. The summed E-state index contributed by atoms with van der Waals surface area (Å²) < 4.78 is 10.3. The minimum atomic E-state index is -0.551. The molecule has 0 radical (unpaired) electrons. The SMILES string of the molecule is C=CC(=O)OCCOc1cccc(O)c1C(=O)c1ccccc1. The van der Waals surface area contributed by atoms with Gasteiger partial charge in [-0.3, -0.25) is 4.79 Å². The van der Waals surface area contributed by atoms with Gasteiger partial charge in [-0.2, -0.15) is 0 Å². The molecule has 0 saturated carbocycles. The highest BCUT2D eigenvalue weighted by atomic mass is 16.6. The Morgan fingerprint density at radius 3 is 2.48 bits per heavy atom. The molecular formula is C18H16O5. The molecule has 23 heavy (non-hydrogen) atoms. The molecule has 0 aromatic heterocycles. The van der Waals surface area contributed by atoms with E-state index in [1.807, 2.05) is 0 Å². The summed E-state index contributed by atoms with van der Waals surface area (Å²) in [5.74, 6) is -0.833. The Labute approximate surface area is 133 Å². The third-order valence-electron chi connectivity index (χ3n) is 3.02. The average Bonchev–Trinajstić information content (AvgIpc) is 2.58. The van der Waals surface area contributed by atoms with Gasteiger partial charge in [-0.25, -0.2) is 4.79 Å². The van der Waals surface area contributed by atoms with Gasteiger partial charge in [0, 0.05) is 11.6 Å². The summed E-state index contributed by atoms with van der Waals surface area (Å²) in [7, 11) is 0. The van der Waals surface area contributed by atoms with Crippen LogP contribution in [0.2, 0.25) is 0 Å². The number of carbonyl (C=O) groups excluding carboxylic acids is 2. The van der Waals surface area contributed by atoms with Gasteiger partial charge in [-0.05, 0) is 12.1 Å². The Bertz CT molecular complexity index is 707. The van der Waals surface area contributed by atoms with Crippen LogP contribution in [0, 0.1) is 0 Å². The molecule has 118 valence electrons. The Balaban J connectivity index is 2.15. The topological polar surface area (TPSA) is 72.8 Å². The highest BCUT2D eigenvalue weighted by Gasteiger charge is 2.19. The average molecular weight is 312 g/mol. The molecule has 0 atom stereocenters. The maximum atomic E-state index is 12.5. The monoisotopic (exact) mass is 312 g/mol. The highest BCUT2D eigenvalue weighted by Crippen LogP contribution is 2.30. The summed E-state index contributed by atoms with van der Waals surface area (Å²) in [5, 5.41) is 10.0. The number of hydrogen-bond donors (Lipinski definition) is 1. The standard InChI is InChI=1S/C18H16O5/c1-2-16(20)23-12-11-22-15-10-6-9-14(19)17(15)18(21)13-7-4-3-5-8-13/h2-10,19H,1,11-12H2. The zero-order valence-electron chi connectivity index (χ0n) is 12.4. The fraction of sp³-hybridized carbons (Fsp3) is 0.111. The lowest BCUT2D eigenvalue weighted by Gasteiger charge is -2.12. The number of phenolic OH excluding ortho intramolecular Hbond substituents is 1. The molecule has 0 heterocycles. The van der Waals surface area contributed by atoms with Gasteiger partial charge in [0.1, 0.15) is 30.3 Å². The Kier molecular flexibility index (Phi) is 5.52. The third kappa shape index (κ3) is 4.20. The third-order valence-corrected chi connectivity index (χ3v) is 3.02. The van der Waals surface area contributed by atoms with Crippen LogP contribution < -0.4 is 4.74 Å². The van der Waals surface area contributed by atoms with E-state index in [1.54, 1.807) is 42.5 Å². The highest BCUT2D eigenvalue weighted by molar-refractivity contribution is 6.12. The van der Waals surface area contributed by atoms with Crippen molar-refractivity contribution in [3.8, 4) is 11.5 Å². The number of hydrogen-bond acceptors (Lipinski definition) is 5. The van der Waals surface area contributed by atoms with Crippen molar-refractivity contribution in [2.24, 2.45) is 0 Å². The molecule has 5 heteroatoms. The van der Waals surface area contributed by atoms with Gasteiger partial charge in [0.15, 0.2) is 0 Å². The van der Waals surface area contributed by atoms with E-state index in [0.29, 0.717) is 5.56 Å². The van der Waals surface area contributed by atoms with Gasteiger partial charge in [0.25, 0.3) is 0 Å². The smallest absolute Gasteiger partial charge is 0.330 e. The largest absolute Gasteiger partial charge is 0.507 e. The predicted octanol–water partition coefficient (Wildman–Crippen LogP) is 2.73. The molecule has 2 aromatic carbocycles. The van der Waals surface area contributed by atoms with Crippen molar-refractivity contribution in [3.05, 3.63) is 72.3 Å². The fourth-order valence-electron chi connectivity index (χ4n) is 1.95. The molecular weight excluding hydrogens is 296 g/mol. The Morgan fingerprint density at radius 1 is 1.04 bits per heavy atom. The molecule has 2 aromatic rings. The van der Waals surface area contributed by atoms with Gasteiger partial charge in [0.05, 0.1) is 0 Å². The first-order valence-corrected chi connectivity index (χ1v) is 6.97. The van der Waals surface area contributed by atoms with Crippen LogP contribution in [0.3, 0.4) is 0 Å². The molecule has 1 N–H and O–H groups in total. The van der Waals surface area contributed by atoms with Crippen molar-refractivity contribution in [2.45, 2.75) is 0 Å². The van der Waals surface area contributed by atoms with E-state index >= 15 is 0 Å². The Hall–Kier alpha value is -3.08. The first-order chi connectivity index (χ1) is 11.1. The van der Waals surface area contributed by atoms with Gasteiger partial charge in [0.2, 0.25) is 5.78 Å². The minimum absolute atomic E-state index is 0.0134. The molecule has 0 saturated heterocycles. The van der Waals surface area contributed by atoms with Crippen LogP contribution in [0.5, 0.6) is 11.5 Å². The molecule has 2 rings (SSSR count). The van der Waals surface area contributed by atoms with E-state index in [-0.39, 0.29) is 36.1 Å². The van der Waals surface area contributed by atoms with Crippen LogP contribution in [0.4, 0.5) is 0 Å². The van der Waals surface area contributed by atoms with Gasteiger partial charge < -0.3 is 14.6 Å². The molecule has 0 unspecified atom stereocenters. The number of ketones is 1. The summed E-state index contributed by atoms with van der Waals surface area (Å²) in [6, 6.07) is 13.2. The number of phenols is 1. The van der Waals surface area contributed by atoms with Gasteiger partial charge in [-0.1, -0.05) is 43.0 Å². The lowest BCUT2D eigenvalue weighted by molar-refractivity contribution is -0.138. The maximum Gasteiger partial charge on any atom is 0.330 e. The van der Waals surface area contributed by atoms with E-state index in [0.717, 1.165) is 6.08 Å². The maximum absolute atomic E-state index is 12.5. The van der Waals surface area contributed by atoms with Crippen LogP contribution in [0.25, 0.3) is 0 Å². The molecule has 0 fully saturated rings. The zero-order valence-corrected chi connectivity index (χ0v) is 12.4. The van der Waals surface area contributed by atoms with E-state index in [9.17, 15) is 14.7 Å². The van der Waals surface area contributed by atoms with E-state index in [4.69, 9.17) is 9.47 Å². The molecule has 5 nitrogen and oxygen atoms in total. The number of rotatable bonds is 7. The minimum Gasteiger partial charge on any atom is -0.507 e. The first kappa shape index (κ1) is 16.3. The normalized spacial score (nSPS) is 9.91. The second kappa shape index (κ2) is 7.79.